The Morgan fingerprint density at radius 2 is 1.80 bits per heavy atom. The highest BCUT2D eigenvalue weighted by Gasteiger charge is 2.42. The molecular formula is C21H25N3O5S. The number of piperidine rings is 1. The van der Waals surface area contributed by atoms with Crippen LogP contribution in [0.15, 0.2) is 24.3 Å². The van der Waals surface area contributed by atoms with Crippen molar-refractivity contribution in [3.63, 3.8) is 0 Å². The molecular weight excluding hydrogens is 406 g/mol. The SMILES string of the molecule is O=C(c1ccc(CN2CC(=O)N3CSC[C@@H]3C2=O)cc1)N1CCC2(CC1)OCCO2. The monoisotopic (exact) mass is 431 g/mol. The number of rotatable bonds is 3. The molecule has 4 heterocycles. The van der Waals surface area contributed by atoms with Gasteiger partial charge in [0.15, 0.2) is 5.79 Å². The van der Waals surface area contributed by atoms with Gasteiger partial charge in [-0.05, 0) is 17.7 Å². The lowest BCUT2D eigenvalue weighted by molar-refractivity contribution is -0.181. The highest BCUT2D eigenvalue weighted by atomic mass is 32.2. The maximum atomic E-state index is 12.9. The van der Waals surface area contributed by atoms with E-state index in [9.17, 15) is 14.4 Å². The van der Waals surface area contributed by atoms with Gasteiger partial charge >= 0.3 is 0 Å². The second-order valence-corrected chi connectivity index (χ2v) is 9.17. The highest BCUT2D eigenvalue weighted by molar-refractivity contribution is 7.99. The molecule has 1 aromatic carbocycles. The van der Waals surface area contributed by atoms with Crippen molar-refractivity contribution in [1.29, 1.82) is 0 Å². The molecule has 5 rings (SSSR count). The first-order valence-corrected chi connectivity index (χ1v) is 11.5. The van der Waals surface area contributed by atoms with Crippen LogP contribution in [0, 0.1) is 0 Å². The normalized spacial score (nSPS) is 25.9. The first kappa shape index (κ1) is 19.8. The molecule has 9 heteroatoms. The topological polar surface area (TPSA) is 79.4 Å². The minimum absolute atomic E-state index is 0.00255. The summed E-state index contributed by atoms with van der Waals surface area (Å²) in [5, 5.41) is 0. The van der Waals surface area contributed by atoms with E-state index < -0.39 is 5.79 Å². The predicted molar refractivity (Wildman–Crippen MR) is 110 cm³/mol. The number of benzene rings is 1. The molecule has 1 aromatic rings. The fourth-order valence-corrected chi connectivity index (χ4v) is 5.73. The van der Waals surface area contributed by atoms with Gasteiger partial charge in [0, 0.05) is 43.8 Å². The number of ether oxygens (including phenoxy) is 2. The summed E-state index contributed by atoms with van der Waals surface area (Å²) in [5.74, 6) is 0.800. The number of hydrogen-bond donors (Lipinski definition) is 0. The van der Waals surface area contributed by atoms with Crippen molar-refractivity contribution < 1.29 is 23.9 Å². The Hall–Kier alpha value is -2.10. The van der Waals surface area contributed by atoms with Crippen LogP contribution >= 0.6 is 11.8 Å². The van der Waals surface area contributed by atoms with Gasteiger partial charge in [-0.2, -0.15) is 0 Å². The maximum absolute atomic E-state index is 12.9. The average molecular weight is 432 g/mol. The van der Waals surface area contributed by atoms with Crippen molar-refractivity contribution in [3.8, 4) is 0 Å². The molecule has 0 aromatic heterocycles. The van der Waals surface area contributed by atoms with Gasteiger partial charge in [-0.1, -0.05) is 12.1 Å². The van der Waals surface area contributed by atoms with Gasteiger partial charge in [0.25, 0.3) is 5.91 Å². The summed E-state index contributed by atoms with van der Waals surface area (Å²) in [6, 6.07) is 7.02. The minimum atomic E-state index is -0.494. The van der Waals surface area contributed by atoms with Crippen molar-refractivity contribution in [2.75, 3.05) is 44.5 Å². The zero-order valence-electron chi connectivity index (χ0n) is 16.7. The molecule has 0 aliphatic carbocycles. The molecule has 0 N–H and O–H groups in total. The van der Waals surface area contributed by atoms with Crippen LogP contribution in [-0.4, -0.2) is 88.7 Å². The van der Waals surface area contributed by atoms with E-state index in [0.717, 1.165) is 5.56 Å². The Morgan fingerprint density at radius 1 is 1.10 bits per heavy atom. The minimum Gasteiger partial charge on any atom is -0.347 e. The van der Waals surface area contributed by atoms with Crippen molar-refractivity contribution in [3.05, 3.63) is 35.4 Å². The quantitative estimate of drug-likeness (QED) is 0.708. The number of hydrogen-bond acceptors (Lipinski definition) is 6. The zero-order valence-corrected chi connectivity index (χ0v) is 17.6. The zero-order chi connectivity index (χ0) is 20.7. The van der Waals surface area contributed by atoms with E-state index in [0.29, 0.717) is 62.9 Å². The van der Waals surface area contributed by atoms with E-state index in [4.69, 9.17) is 9.47 Å². The van der Waals surface area contributed by atoms with Gasteiger partial charge < -0.3 is 24.2 Å². The van der Waals surface area contributed by atoms with E-state index >= 15 is 0 Å². The van der Waals surface area contributed by atoms with Gasteiger partial charge in [-0.25, -0.2) is 0 Å². The number of thioether (sulfide) groups is 1. The molecule has 0 radical (unpaired) electrons. The second kappa shape index (κ2) is 7.86. The Bertz CT molecular complexity index is 845. The molecule has 1 atom stereocenters. The fourth-order valence-electron chi connectivity index (χ4n) is 4.56. The average Bonchev–Trinajstić information content (AvgIpc) is 3.43. The van der Waals surface area contributed by atoms with Crippen LogP contribution in [0.2, 0.25) is 0 Å². The van der Waals surface area contributed by atoms with Crippen molar-refractivity contribution in [2.24, 2.45) is 0 Å². The molecule has 0 unspecified atom stereocenters. The van der Waals surface area contributed by atoms with E-state index in [1.165, 1.54) is 0 Å². The van der Waals surface area contributed by atoms with Crippen LogP contribution in [0.4, 0.5) is 0 Å². The van der Waals surface area contributed by atoms with Crippen molar-refractivity contribution in [2.45, 2.75) is 31.2 Å². The summed E-state index contributed by atoms with van der Waals surface area (Å²) < 4.78 is 11.4. The standard InChI is InChI=1S/C21H25N3O5S/c25-18-12-23(20(27)17-13-30-14-24(17)18)11-15-1-3-16(4-2-15)19(26)22-7-5-21(6-8-22)28-9-10-29-21/h1-4,17H,5-14H2/t17-/m1/s1. The first-order chi connectivity index (χ1) is 14.5. The van der Waals surface area contributed by atoms with Gasteiger partial charge in [0.1, 0.15) is 12.6 Å². The number of carbonyl (C=O) groups is 3. The highest BCUT2D eigenvalue weighted by Crippen LogP contribution is 2.32. The van der Waals surface area contributed by atoms with Crippen LogP contribution in [0.1, 0.15) is 28.8 Å². The lowest BCUT2D eigenvalue weighted by Gasteiger charge is -2.37. The number of carbonyl (C=O) groups excluding carboxylic acids is 3. The smallest absolute Gasteiger partial charge is 0.253 e. The molecule has 160 valence electrons. The number of nitrogens with zero attached hydrogens (tertiary/aromatic N) is 3. The third kappa shape index (κ3) is 3.59. The van der Waals surface area contributed by atoms with E-state index in [1.54, 1.807) is 33.7 Å². The molecule has 4 aliphatic heterocycles. The molecule has 8 nitrogen and oxygen atoms in total. The van der Waals surface area contributed by atoms with Crippen molar-refractivity contribution in [1.82, 2.24) is 14.7 Å². The van der Waals surface area contributed by atoms with Crippen molar-refractivity contribution >= 4 is 29.5 Å². The summed E-state index contributed by atoms with van der Waals surface area (Å²) in [5.41, 5.74) is 1.54. The largest absolute Gasteiger partial charge is 0.347 e. The number of piperazine rings is 1. The summed E-state index contributed by atoms with van der Waals surface area (Å²) in [7, 11) is 0. The Kier molecular flexibility index (Phi) is 5.20. The molecule has 1 spiro atoms. The van der Waals surface area contributed by atoms with Gasteiger partial charge in [0.05, 0.1) is 19.1 Å². The molecule has 4 fully saturated rings. The molecule has 0 bridgehead atoms. The number of amides is 3. The fraction of sp³-hybridized carbons (Fsp3) is 0.571. The van der Waals surface area contributed by atoms with Crippen LogP contribution in [0.5, 0.6) is 0 Å². The van der Waals surface area contributed by atoms with Crippen LogP contribution in [0.3, 0.4) is 0 Å². The van der Waals surface area contributed by atoms with E-state index in [1.807, 2.05) is 17.0 Å². The third-order valence-electron chi connectivity index (χ3n) is 6.33. The summed E-state index contributed by atoms with van der Waals surface area (Å²) in [6.45, 7) is 2.98. The van der Waals surface area contributed by atoms with Crippen LogP contribution in [-0.2, 0) is 25.6 Å². The molecule has 3 amide bonds. The number of likely N-dealkylation sites (tertiary alicyclic amines) is 1. The third-order valence-corrected chi connectivity index (χ3v) is 7.34. The van der Waals surface area contributed by atoms with Crippen LogP contribution < -0.4 is 0 Å². The first-order valence-electron chi connectivity index (χ1n) is 10.4. The Labute approximate surface area is 179 Å². The van der Waals surface area contributed by atoms with E-state index in [-0.39, 0.29) is 30.3 Å². The predicted octanol–water partition coefficient (Wildman–Crippen LogP) is 0.909. The van der Waals surface area contributed by atoms with E-state index in [2.05, 4.69) is 0 Å². The maximum Gasteiger partial charge on any atom is 0.253 e. The summed E-state index contributed by atoms with van der Waals surface area (Å²) in [6.07, 6.45) is 1.39. The molecule has 4 aliphatic rings. The van der Waals surface area contributed by atoms with Gasteiger partial charge in [-0.15, -0.1) is 11.8 Å². The second-order valence-electron chi connectivity index (χ2n) is 8.17. The molecule has 4 saturated heterocycles. The lowest BCUT2D eigenvalue weighted by atomic mass is 10.0. The summed E-state index contributed by atoms with van der Waals surface area (Å²) >= 11 is 1.62. The van der Waals surface area contributed by atoms with Gasteiger partial charge in [0.2, 0.25) is 11.8 Å². The lowest BCUT2D eigenvalue weighted by Crippen LogP contribution is -2.57. The Morgan fingerprint density at radius 3 is 2.50 bits per heavy atom. The molecule has 0 saturated carbocycles. The van der Waals surface area contributed by atoms with Crippen LogP contribution in [0.25, 0.3) is 0 Å². The molecule has 30 heavy (non-hydrogen) atoms. The van der Waals surface area contributed by atoms with Gasteiger partial charge in [-0.3, -0.25) is 14.4 Å². The summed E-state index contributed by atoms with van der Waals surface area (Å²) in [4.78, 5) is 43.0. The number of fused-ring (bicyclic) bond motifs is 1. The Balaban J connectivity index is 1.20.